The van der Waals surface area contributed by atoms with E-state index in [4.69, 9.17) is 9.47 Å². The molecule has 0 aliphatic carbocycles. The minimum Gasteiger partial charge on any atom is -0.497 e. The van der Waals surface area contributed by atoms with Crippen LogP contribution in [0.4, 0.5) is 5.69 Å². The molecule has 0 radical (unpaired) electrons. The van der Waals surface area contributed by atoms with Crippen LogP contribution in [-0.4, -0.2) is 43.4 Å². The molecule has 0 bridgehead atoms. The molecule has 5 rings (SSSR count). The van der Waals surface area contributed by atoms with Gasteiger partial charge in [-0.3, -0.25) is 4.90 Å². The van der Waals surface area contributed by atoms with Crippen molar-refractivity contribution in [1.29, 1.82) is 0 Å². The second kappa shape index (κ2) is 8.85. The van der Waals surface area contributed by atoms with Crippen LogP contribution in [0.15, 0.2) is 66.7 Å². The summed E-state index contributed by atoms with van der Waals surface area (Å²) in [5, 5.41) is 13.7. The molecule has 2 aliphatic rings. The number of rotatable bonds is 6. The molecule has 0 spiro atoms. The molecule has 0 saturated carbocycles. The zero-order valence-electron chi connectivity index (χ0n) is 18.6. The second-order valence-corrected chi connectivity index (χ2v) is 8.65. The molecule has 5 nitrogen and oxygen atoms in total. The highest BCUT2D eigenvalue weighted by atomic mass is 16.5. The summed E-state index contributed by atoms with van der Waals surface area (Å²) in [6.07, 6.45) is 1.06. The van der Waals surface area contributed by atoms with E-state index in [-0.39, 0.29) is 18.7 Å². The maximum Gasteiger partial charge on any atom is 0.123 e. The quantitative estimate of drug-likeness (QED) is 0.593. The van der Waals surface area contributed by atoms with Crippen molar-refractivity contribution < 1.29 is 14.6 Å². The number of benzene rings is 3. The summed E-state index contributed by atoms with van der Waals surface area (Å²) in [7, 11) is 3.43. The van der Waals surface area contributed by atoms with Crippen molar-refractivity contribution in [3.8, 4) is 22.6 Å². The van der Waals surface area contributed by atoms with Crippen molar-refractivity contribution >= 4 is 5.69 Å². The van der Waals surface area contributed by atoms with Gasteiger partial charge in [-0.15, -0.1) is 0 Å². The van der Waals surface area contributed by atoms with E-state index in [2.05, 4.69) is 52.7 Å². The summed E-state index contributed by atoms with van der Waals surface area (Å²) in [5.41, 5.74) is 5.92. The molecule has 1 saturated heterocycles. The Hall–Kier alpha value is -3.02. The third-order valence-electron chi connectivity index (χ3n) is 6.94. The Balaban J connectivity index is 1.53. The first-order valence-electron chi connectivity index (χ1n) is 11.2. The summed E-state index contributed by atoms with van der Waals surface area (Å²) in [6, 6.07) is 23.4. The van der Waals surface area contributed by atoms with Gasteiger partial charge < -0.3 is 19.9 Å². The number of hydrogen-bond donors (Lipinski definition) is 2. The van der Waals surface area contributed by atoms with E-state index in [9.17, 15) is 5.11 Å². The summed E-state index contributed by atoms with van der Waals surface area (Å²) in [5.74, 6) is 2.15. The fraction of sp³-hybridized carbons (Fsp3) is 0.333. The van der Waals surface area contributed by atoms with Gasteiger partial charge in [-0.1, -0.05) is 36.4 Å². The second-order valence-electron chi connectivity index (χ2n) is 8.65. The number of hydrogen-bond acceptors (Lipinski definition) is 5. The van der Waals surface area contributed by atoms with Crippen LogP contribution in [0.1, 0.15) is 23.6 Å². The van der Waals surface area contributed by atoms with Crippen molar-refractivity contribution in [2.45, 2.75) is 25.0 Å². The van der Waals surface area contributed by atoms with Crippen molar-refractivity contribution in [2.24, 2.45) is 5.92 Å². The third-order valence-corrected chi connectivity index (χ3v) is 6.94. The molecule has 0 unspecified atom stereocenters. The minimum absolute atomic E-state index is 0.0674. The van der Waals surface area contributed by atoms with Crippen molar-refractivity contribution in [1.82, 2.24) is 4.90 Å². The normalized spacial score (nSPS) is 22.0. The van der Waals surface area contributed by atoms with Gasteiger partial charge in [-0.05, 0) is 60.0 Å². The van der Waals surface area contributed by atoms with Crippen LogP contribution in [0.3, 0.4) is 0 Å². The lowest BCUT2D eigenvalue weighted by molar-refractivity contribution is 0.171. The van der Waals surface area contributed by atoms with Crippen molar-refractivity contribution in [3.05, 3.63) is 77.9 Å². The minimum atomic E-state index is 0.0674. The van der Waals surface area contributed by atoms with Gasteiger partial charge in [-0.2, -0.15) is 0 Å². The highest BCUT2D eigenvalue weighted by molar-refractivity contribution is 5.71. The van der Waals surface area contributed by atoms with Gasteiger partial charge in [0.25, 0.3) is 0 Å². The zero-order valence-corrected chi connectivity index (χ0v) is 18.6. The highest BCUT2D eigenvalue weighted by Gasteiger charge is 2.44. The monoisotopic (exact) mass is 430 g/mol. The Kier molecular flexibility index (Phi) is 5.77. The van der Waals surface area contributed by atoms with Gasteiger partial charge >= 0.3 is 0 Å². The van der Waals surface area contributed by atoms with Crippen molar-refractivity contribution in [2.75, 3.05) is 32.7 Å². The fourth-order valence-corrected chi connectivity index (χ4v) is 5.37. The summed E-state index contributed by atoms with van der Waals surface area (Å²) in [6.45, 7) is 1.96. The van der Waals surface area contributed by atoms with Gasteiger partial charge in [0.15, 0.2) is 0 Å². The van der Waals surface area contributed by atoms with Crippen LogP contribution < -0.4 is 14.8 Å². The first kappa shape index (κ1) is 20.9. The number of ether oxygens (including phenoxy) is 2. The maximum absolute atomic E-state index is 10.1. The molecule has 5 heteroatoms. The number of para-hydroxylation sites is 1. The van der Waals surface area contributed by atoms with Gasteiger partial charge in [0.1, 0.15) is 11.5 Å². The molecule has 32 heavy (non-hydrogen) atoms. The Morgan fingerprint density at radius 2 is 1.81 bits per heavy atom. The highest BCUT2D eigenvalue weighted by Crippen LogP contribution is 2.48. The Labute approximate surface area is 189 Å². The number of fused-ring (bicyclic) bond motifs is 3. The molecule has 166 valence electrons. The van der Waals surface area contributed by atoms with Gasteiger partial charge in [0, 0.05) is 29.8 Å². The molecule has 3 aromatic rings. The van der Waals surface area contributed by atoms with Crippen LogP contribution in [0.5, 0.6) is 11.5 Å². The Morgan fingerprint density at radius 3 is 2.62 bits per heavy atom. The molecule has 0 amide bonds. The fourth-order valence-electron chi connectivity index (χ4n) is 5.37. The van der Waals surface area contributed by atoms with E-state index in [1.807, 2.05) is 24.3 Å². The lowest BCUT2D eigenvalue weighted by Crippen LogP contribution is -2.41. The van der Waals surface area contributed by atoms with E-state index < -0.39 is 0 Å². The Bertz CT molecular complexity index is 1100. The molecule has 3 atom stereocenters. The maximum atomic E-state index is 10.1. The predicted molar refractivity (Wildman–Crippen MR) is 127 cm³/mol. The van der Waals surface area contributed by atoms with E-state index >= 15 is 0 Å². The smallest absolute Gasteiger partial charge is 0.123 e. The van der Waals surface area contributed by atoms with E-state index in [1.165, 1.54) is 16.7 Å². The van der Waals surface area contributed by atoms with Crippen LogP contribution in [0, 0.1) is 5.92 Å². The van der Waals surface area contributed by atoms with Crippen LogP contribution in [0.25, 0.3) is 11.1 Å². The number of aliphatic hydroxyl groups is 1. The average molecular weight is 431 g/mol. The molecule has 0 aromatic heterocycles. The predicted octanol–water partition coefficient (Wildman–Crippen LogP) is 4.72. The lowest BCUT2D eigenvalue weighted by atomic mass is 9.82. The van der Waals surface area contributed by atoms with Crippen molar-refractivity contribution in [3.63, 3.8) is 0 Å². The molecule has 2 heterocycles. The molecule has 3 aromatic carbocycles. The summed E-state index contributed by atoms with van der Waals surface area (Å²) >= 11 is 0. The number of nitrogens with zero attached hydrogens (tertiary/aromatic N) is 1. The summed E-state index contributed by atoms with van der Waals surface area (Å²) in [4.78, 5) is 2.54. The molecular weight excluding hydrogens is 400 g/mol. The average Bonchev–Trinajstić information content (AvgIpc) is 3.27. The lowest BCUT2D eigenvalue weighted by Gasteiger charge is -2.39. The number of aliphatic hydroxyl groups excluding tert-OH is 1. The van der Waals surface area contributed by atoms with E-state index in [0.717, 1.165) is 42.3 Å². The number of anilines is 1. The molecule has 2 N–H and O–H groups in total. The largest absolute Gasteiger partial charge is 0.497 e. The first-order valence-corrected chi connectivity index (χ1v) is 11.2. The summed E-state index contributed by atoms with van der Waals surface area (Å²) < 4.78 is 11.0. The third kappa shape index (κ3) is 3.72. The number of methoxy groups -OCH3 is 2. The topological polar surface area (TPSA) is 54.0 Å². The molecule has 1 fully saturated rings. The van der Waals surface area contributed by atoms with Gasteiger partial charge in [0.05, 0.1) is 26.9 Å². The number of nitrogens with one attached hydrogen (secondary N) is 1. The van der Waals surface area contributed by atoms with E-state index in [1.54, 1.807) is 14.2 Å². The van der Waals surface area contributed by atoms with E-state index in [0.29, 0.717) is 5.92 Å². The van der Waals surface area contributed by atoms with Gasteiger partial charge in [-0.25, -0.2) is 0 Å². The van der Waals surface area contributed by atoms with Crippen LogP contribution in [0.2, 0.25) is 0 Å². The SMILES string of the molecule is COc1cccc(-c2ccc3c(c2)[C@@H]2[C@@H](CCN2Cc2ccccc2OC)[C@@H](CO)N3)c1. The molecular formula is C27H30N2O3. The van der Waals surface area contributed by atoms with Crippen LogP contribution in [-0.2, 0) is 6.54 Å². The number of likely N-dealkylation sites (tertiary alicyclic amines) is 1. The van der Waals surface area contributed by atoms with Crippen LogP contribution >= 0.6 is 0 Å². The standard InChI is InChI=1S/C27H30N2O3/c1-31-21-8-5-7-18(14-21)19-10-11-24-23(15-19)27-22(25(17-30)28-24)12-13-29(27)16-20-6-3-4-9-26(20)32-2/h3-11,14-15,22,25,27-28,30H,12-13,16-17H2,1-2H3/t22-,25+,27-/m0/s1. The van der Waals surface area contributed by atoms with Gasteiger partial charge in [0.2, 0.25) is 0 Å². The Morgan fingerprint density at radius 1 is 0.969 bits per heavy atom. The first-order chi connectivity index (χ1) is 15.7. The zero-order chi connectivity index (χ0) is 22.1. The molecule has 2 aliphatic heterocycles.